The van der Waals surface area contributed by atoms with Crippen LogP contribution in [0.5, 0.6) is 0 Å². The summed E-state index contributed by atoms with van der Waals surface area (Å²) in [5.74, 6) is -0.217. The van der Waals surface area contributed by atoms with Crippen LogP contribution in [0, 0.1) is 5.82 Å². The summed E-state index contributed by atoms with van der Waals surface area (Å²) in [5, 5.41) is 0.733. The van der Waals surface area contributed by atoms with Crippen LogP contribution in [0.3, 0.4) is 0 Å². The van der Waals surface area contributed by atoms with E-state index in [0.717, 1.165) is 35.0 Å². The zero-order chi connectivity index (χ0) is 19.8. The molecule has 5 rings (SSSR count). The van der Waals surface area contributed by atoms with Crippen molar-refractivity contribution in [2.24, 2.45) is 0 Å². The summed E-state index contributed by atoms with van der Waals surface area (Å²) in [6, 6.07) is 11.4. The molecule has 0 spiro atoms. The van der Waals surface area contributed by atoms with Crippen molar-refractivity contribution >= 4 is 17.3 Å². The number of benzene rings is 1. The van der Waals surface area contributed by atoms with Gasteiger partial charge in [-0.05, 0) is 72.2 Å². The molecule has 0 radical (unpaired) electrons. The van der Waals surface area contributed by atoms with Crippen LogP contribution >= 0.6 is 11.8 Å². The van der Waals surface area contributed by atoms with E-state index in [4.69, 9.17) is 0 Å². The fourth-order valence-electron chi connectivity index (χ4n) is 4.63. The Morgan fingerprint density at radius 1 is 1.10 bits per heavy atom. The molecule has 3 nitrogen and oxygen atoms in total. The Kier molecular flexibility index (Phi) is 5.02. The number of rotatable bonds is 4. The largest absolute Gasteiger partial charge is 0.360 e. The van der Waals surface area contributed by atoms with Crippen LogP contribution in [0.1, 0.15) is 18.4 Å². The van der Waals surface area contributed by atoms with E-state index in [-0.39, 0.29) is 5.82 Å². The maximum Gasteiger partial charge on any atom is 0.123 e. The lowest BCUT2D eigenvalue weighted by Gasteiger charge is -2.28. The SMILES string of the molecule is CS[C@H]1C[C@H]2C=C(c3c[nH]c(-c4ccc(F)cc4)c3-c3ccncc3)CCN2C1. The van der Waals surface area contributed by atoms with Crippen molar-refractivity contribution in [3.63, 3.8) is 0 Å². The predicted molar refractivity (Wildman–Crippen MR) is 119 cm³/mol. The van der Waals surface area contributed by atoms with Crippen molar-refractivity contribution in [2.75, 3.05) is 19.3 Å². The highest BCUT2D eigenvalue weighted by molar-refractivity contribution is 7.99. The number of fused-ring (bicyclic) bond motifs is 1. The Labute approximate surface area is 175 Å². The number of hydrogen-bond donors (Lipinski definition) is 1. The minimum atomic E-state index is -0.217. The second-order valence-corrected chi connectivity index (χ2v) is 8.93. The van der Waals surface area contributed by atoms with Gasteiger partial charge in [0.2, 0.25) is 0 Å². The molecule has 5 heteroatoms. The molecule has 3 aromatic rings. The molecule has 1 N–H and O–H groups in total. The summed E-state index contributed by atoms with van der Waals surface area (Å²) in [5.41, 5.74) is 6.99. The van der Waals surface area contributed by atoms with Gasteiger partial charge in [0.15, 0.2) is 0 Å². The van der Waals surface area contributed by atoms with Gasteiger partial charge < -0.3 is 4.98 Å². The quantitative estimate of drug-likeness (QED) is 0.624. The molecule has 0 unspecified atom stereocenters. The fourth-order valence-corrected chi connectivity index (χ4v) is 5.36. The van der Waals surface area contributed by atoms with Crippen LogP contribution in [-0.2, 0) is 0 Å². The van der Waals surface area contributed by atoms with Crippen LogP contribution in [0.2, 0.25) is 0 Å². The summed E-state index contributed by atoms with van der Waals surface area (Å²) >= 11 is 1.98. The van der Waals surface area contributed by atoms with Gasteiger partial charge in [-0.3, -0.25) is 9.88 Å². The normalized spacial score (nSPS) is 21.8. The topological polar surface area (TPSA) is 31.9 Å². The number of H-pyrrole nitrogens is 1. The number of pyridine rings is 1. The summed E-state index contributed by atoms with van der Waals surface area (Å²) in [6.07, 6.45) is 12.8. The number of aromatic amines is 1. The average molecular weight is 406 g/mol. The van der Waals surface area contributed by atoms with Crippen molar-refractivity contribution < 1.29 is 4.39 Å². The molecule has 29 heavy (non-hydrogen) atoms. The molecule has 2 aliphatic heterocycles. The van der Waals surface area contributed by atoms with Gasteiger partial charge in [0.05, 0.1) is 5.69 Å². The van der Waals surface area contributed by atoms with Crippen LogP contribution in [0.15, 0.2) is 61.1 Å². The number of halogens is 1. The van der Waals surface area contributed by atoms with Crippen molar-refractivity contribution in [2.45, 2.75) is 24.1 Å². The number of nitrogens with one attached hydrogen (secondary N) is 1. The lowest BCUT2D eigenvalue weighted by Crippen LogP contribution is -2.32. The zero-order valence-corrected chi connectivity index (χ0v) is 17.3. The van der Waals surface area contributed by atoms with Gasteiger partial charge in [-0.25, -0.2) is 4.39 Å². The minimum absolute atomic E-state index is 0.217. The van der Waals surface area contributed by atoms with Gasteiger partial charge in [0.1, 0.15) is 5.82 Å². The number of nitrogens with zero attached hydrogens (tertiary/aromatic N) is 2. The monoisotopic (exact) mass is 405 g/mol. The molecule has 2 aromatic heterocycles. The van der Waals surface area contributed by atoms with Gasteiger partial charge in [-0.2, -0.15) is 11.8 Å². The predicted octanol–water partition coefficient (Wildman–Crippen LogP) is 5.48. The summed E-state index contributed by atoms with van der Waals surface area (Å²) in [6.45, 7) is 2.31. The Bertz CT molecular complexity index is 1030. The smallest absolute Gasteiger partial charge is 0.123 e. The van der Waals surface area contributed by atoms with E-state index in [9.17, 15) is 4.39 Å². The lowest BCUT2D eigenvalue weighted by molar-refractivity contribution is 0.288. The molecule has 1 aromatic carbocycles. The molecular formula is C24H24FN3S. The Hall–Kier alpha value is -2.37. The van der Waals surface area contributed by atoms with Crippen LogP contribution in [-0.4, -0.2) is 45.5 Å². The standard InChI is InChI=1S/C24H24FN3S/c1-29-21-13-20-12-18(8-11-28(20)15-21)22-14-27-24(17-2-4-19(25)5-3-17)23(22)16-6-9-26-10-7-16/h2-7,9-10,12,14,20-21,27H,8,11,13,15H2,1H3/t20-,21+/m1/s1. The van der Waals surface area contributed by atoms with Gasteiger partial charge in [0, 0.05) is 54.1 Å². The molecule has 0 saturated carbocycles. The van der Waals surface area contributed by atoms with Gasteiger partial charge in [0.25, 0.3) is 0 Å². The number of thioether (sulfide) groups is 1. The molecule has 2 atom stereocenters. The Balaban J connectivity index is 1.60. The maximum atomic E-state index is 13.5. The molecule has 2 aliphatic rings. The molecule has 148 valence electrons. The summed E-state index contributed by atoms with van der Waals surface area (Å²) in [4.78, 5) is 10.3. The Morgan fingerprint density at radius 2 is 1.90 bits per heavy atom. The van der Waals surface area contributed by atoms with Crippen molar-refractivity contribution in [1.82, 2.24) is 14.9 Å². The molecule has 1 fully saturated rings. The van der Waals surface area contributed by atoms with Gasteiger partial charge in [-0.15, -0.1) is 0 Å². The second kappa shape index (κ2) is 7.81. The van der Waals surface area contributed by atoms with Crippen LogP contribution < -0.4 is 0 Å². The van der Waals surface area contributed by atoms with Crippen LogP contribution in [0.25, 0.3) is 28.0 Å². The maximum absolute atomic E-state index is 13.5. The van der Waals surface area contributed by atoms with Crippen molar-refractivity contribution in [1.29, 1.82) is 0 Å². The third-order valence-corrected chi connectivity index (χ3v) is 7.14. The molecule has 4 heterocycles. The summed E-state index contributed by atoms with van der Waals surface area (Å²) < 4.78 is 13.5. The first kappa shape index (κ1) is 18.6. The average Bonchev–Trinajstić information content (AvgIpc) is 3.38. The third-order valence-electron chi connectivity index (χ3n) is 6.13. The highest BCUT2D eigenvalue weighted by Gasteiger charge is 2.33. The highest BCUT2D eigenvalue weighted by atomic mass is 32.2. The highest BCUT2D eigenvalue weighted by Crippen LogP contribution is 2.41. The lowest BCUT2D eigenvalue weighted by atomic mass is 9.90. The van der Waals surface area contributed by atoms with E-state index in [0.29, 0.717) is 6.04 Å². The van der Waals surface area contributed by atoms with Crippen molar-refractivity contribution in [3.8, 4) is 22.4 Å². The molecule has 1 saturated heterocycles. The van der Waals surface area contributed by atoms with Gasteiger partial charge >= 0.3 is 0 Å². The first-order chi connectivity index (χ1) is 14.2. The third kappa shape index (κ3) is 3.53. The summed E-state index contributed by atoms with van der Waals surface area (Å²) in [7, 11) is 0. The molecule has 0 aliphatic carbocycles. The fraction of sp³-hybridized carbons (Fsp3) is 0.292. The molecular weight excluding hydrogens is 381 g/mol. The Morgan fingerprint density at radius 3 is 2.66 bits per heavy atom. The van der Waals surface area contributed by atoms with E-state index in [2.05, 4.69) is 45.5 Å². The zero-order valence-electron chi connectivity index (χ0n) is 16.4. The van der Waals surface area contributed by atoms with Gasteiger partial charge in [-0.1, -0.05) is 6.08 Å². The van der Waals surface area contributed by atoms with E-state index < -0.39 is 0 Å². The van der Waals surface area contributed by atoms with E-state index >= 15 is 0 Å². The van der Waals surface area contributed by atoms with Crippen molar-refractivity contribution in [3.05, 3.63) is 72.4 Å². The first-order valence-corrected chi connectivity index (χ1v) is 11.4. The molecule has 0 bridgehead atoms. The minimum Gasteiger partial charge on any atom is -0.360 e. The van der Waals surface area contributed by atoms with E-state index in [1.165, 1.54) is 41.8 Å². The number of aromatic nitrogens is 2. The number of hydrogen-bond acceptors (Lipinski definition) is 3. The molecule has 0 amide bonds. The van der Waals surface area contributed by atoms with E-state index in [1.807, 2.05) is 36.3 Å². The second-order valence-electron chi connectivity index (χ2n) is 7.79. The first-order valence-electron chi connectivity index (χ1n) is 10.1. The van der Waals surface area contributed by atoms with E-state index in [1.54, 1.807) is 0 Å². The van der Waals surface area contributed by atoms with Crippen LogP contribution in [0.4, 0.5) is 4.39 Å².